The fourth-order valence-corrected chi connectivity index (χ4v) is 4.65. The quantitative estimate of drug-likeness (QED) is 0.612. The zero-order valence-corrected chi connectivity index (χ0v) is 14.6. The van der Waals surface area contributed by atoms with Gasteiger partial charge in [-0.25, -0.2) is 0 Å². The molecule has 3 rings (SSSR count). The lowest BCUT2D eigenvalue weighted by Gasteiger charge is -2.50. The summed E-state index contributed by atoms with van der Waals surface area (Å²) in [6, 6.07) is 2.01. The molecular weight excluding hydrogens is 310 g/mol. The fraction of sp³-hybridized carbons (Fsp3) is 0.611. The van der Waals surface area contributed by atoms with Gasteiger partial charge in [-0.05, 0) is 43.2 Å². The van der Waals surface area contributed by atoms with E-state index in [0.29, 0.717) is 13.2 Å². The topological polar surface area (TPSA) is 38.8 Å². The van der Waals surface area contributed by atoms with Crippen molar-refractivity contribution in [2.45, 2.75) is 32.3 Å². The Morgan fingerprint density at radius 3 is 3.26 bits per heavy atom. The number of ether oxygens (including phenoxy) is 2. The molecule has 1 aromatic rings. The molecule has 4 nitrogen and oxygen atoms in total. The Morgan fingerprint density at radius 2 is 2.52 bits per heavy atom. The first-order chi connectivity index (χ1) is 11.2. The molecule has 23 heavy (non-hydrogen) atoms. The lowest BCUT2D eigenvalue weighted by Crippen LogP contribution is -2.58. The van der Waals surface area contributed by atoms with E-state index in [9.17, 15) is 4.79 Å². The monoisotopic (exact) mass is 335 g/mol. The zero-order valence-electron chi connectivity index (χ0n) is 13.8. The molecule has 5 heteroatoms. The summed E-state index contributed by atoms with van der Waals surface area (Å²) in [5.41, 5.74) is 0.999. The molecule has 0 radical (unpaired) electrons. The average Bonchev–Trinajstić information content (AvgIpc) is 3.00. The maximum Gasteiger partial charge on any atom is 0.264 e. The van der Waals surface area contributed by atoms with Gasteiger partial charge < -0.3 is 14.4 Å². The molecule has 0 unspecified atom stereocenters. The van der Waals surface area contributed by atoms with Gasteiger partial charge in [0.05, 0.1) is 24.2 Å². The molecule has 0 saturated carbocycles. The molecule has 0 N–H and O–H groups in total. The molecule has 3 heterocycles. The van der Waals surface area contributed by atoms with Crippen LogP contribution in [0, 0.1) is 12.3 Å². The normalized spacial score (nSPS) is 27.5. The molecule has 1 aromatic heterocycles. The summed E-state index contributed by atoms with van der Waals surface area (Å²) in [7, 11) is 0. The first-order valence-electron chi connectivity index (χ1n) is 8.30. The van der Waals surface area contributed by atoms with Crippen LogP contribution in [-0.4, -0.2) is 49.8 Å². The number of rotatable bonds is 5. The number of hydrogen-bond donors (Lipinski definition) is 0. The molecule has 0 aliphatic carbocycles. The summed E-state index contributed by atoms with van der Waals surface area (Å²) in [5, 5.41) is 1.99. The van der Waals surface area contributed by atoms with Crippen LogP contribution in [0.5, 0.6) is 0 Å². The van der Waals surface area contributed by atoms with Gasteiger partial charge in [-0.1, -0.05) is 6.08 Å². The molecule has 2 atom stereocenters. The van der Waals surface area contributed by atoms with E-state index in [2.05, 4.69) is 6.58 Å². The number of carbonyl (C=O) groups is 1. The van der Waals surface area contributed by atoms with Crippen LogP contribution < -0.4 is 0 Å². The second kappa shape index (κ2) is 7.16. The van der Waals surface area contributed by atoms with Crippen molar-refractivity contribution >= 4 is 17.2 Å². The first kappa shape index (κ1) is 16.7. The highest BCUT2D eigenvalue weighted by molar-refractivity contribution is 7.12. The standard InChI is InChI=1S/C18H25NO3S/c1-3-9-21-13-18-7-4-10-22-15(18)5-8-19(12-18)17(20)16-14(2)6-11-23-16/h3,6,11,15H,1,4-5,7-10,12-13H2,2H3/t15-,18+/m1/s1. The molecule has 126 valence electrons. The van der Waals surface area contributed by atoms with E-state index in [-0.39, 0.29) is 17.4 Å². The van der Waals surface area contributed by atoms with Crippen LogP contribution in [0.25, 0.3) is 0 Å². The molecule has 0 spiro atoms. The predicted molar refractivity (Wildman–Crippen MR) is 92.0 cm³/mol. The highest BCUT2D eigenvalue weighted by atomic mass is 32.1. The van der Waals surface area contributed by atoms with Crippen molar-refractivity contribution in [3.8, 4) is 0 Å². The third-order valence-corrected chi connectivity index (χ3v) is 5.96. The molecule has 0 bridgehead atoms. The summed E-state index contributed by atoms with van der Waals surface area (Å²) in [6.07, 6.45) is 4.97. The van der Waals surface area contributed by atoms with Crippen molar-refractivity contribution in [1.82, 2.24) is 4.90 Å². The van der Waals surface area contributed by atoms with Gasteiger partial charge in [0.2, 0.25) is 0 Å². The Morgan fingerprint density at radius 1 is 1.65 bits per heavy atom. The van der Waals surface area contributed by atoms with Crippen molar-refractivity contribution in [2.75, 3.05) is 32.9 Å². The lowest BCUT2D eigenvalue weighted by molar-refractivity contribution is -0.144. The van der Waals surface area contributed by atoms with Gasteiger partial charge in [-0.15, -0.1) is 17.9 Å². The van der Waals surface area contributed by atoms with Crippen LogP contribution in [-0.2, 0) is 9.47 Å². The molecule has 0 aromatic carbocycles. The number of amides is 1. The van der Waals surface area contributed by atoms with E-state index < -0.39 is 0 Å². The minimum Gasteiger partial charge on any atom is -0.377 e. The zero-order chi connectivity index (χ0) is 16.3. The minimum atomic E-state index is -0.0691. The molecule has 2 saturated heterocycles. The van der Waals surface area contributed by atoms with E-state index >= 15 is 0 Å². The fourth-order valence-electron chi connectivity index (χ4n) is 3.76. The number of hydrogen-bond acceptors (Lipinski definition) is 4. The summed E-state index contributed by atoms with van der Waals surface area (Å²) in [5.74, 6) is 0.157. The van der Waals surface area contributed by atoms with Crippen LogP contribution in [0.1, 0.15) is 34.5 Å². The van der Waals surface area contributed by atoms with Gasteiger partial charge in [-0.2, -0.15) is 0 Å². The van der Waals surface area contributed by atoms with Crippen molar-refractivity contribution in [1.29, 1.82) is 0 Å². The van der Waals surface area contributed by atoms with Gasteiger partial charge in [0.15, 0.2) is 0 Å². The predicted octanol–water partition coefficient (Wildman–Crippen LogP) is 3.27. The van der Waals surface area contributed by atoms with E-state index in [4.69, 9.17) is 9.47 Å². The van der Waals surface area contributed by atoms with Crippen molar-refractivity contribution < 1.29 is 14.3 Å². The number of aryl methyl sites for hydroxylation is 1. The number of nitrogens with zero attached hydrogens (tertiary/aromatic N) is 1. The summed E-state index contributed by atoms with van der Waals surface area (Å²) >= 11 is 1.53. The van der Waals surface area contributed by atoms with Gasteiger partial charge >= 0.3 is 0 Å². The first-order valence-corrected chi connectivity index (χ1v) is 9.18. The second-order valence-corrected chi connectivity index (χ2v) is 7.49. The van der Waals surface area contributed by atoms with Gasteiger partial charge in [0.25, 0.3) is 5.91 Å². The number of likely N-dealkylation sites (tertiary alicyclic amines) is 1. The molecular formula is C18H25NO3S. The maximum atomic E-state index is 12.9. The number of carbonyl (C=O) groups excluding carboxylic acids is 1. The largest absolute Gasteiger partial charge is 0.377 e. The number of thiophene rings is 1. The molecule has 2 aliphatic heterocycles. The van der Waals surface area contributed by atoms with Crippen LogP contribution >= 0.6 is 11.3 Å². The van der Waals surface area contributed by atoms with Gasteiger partial charge in [0.1, 0.15) is 0 Å². The van der Waals surface area contributed by atoms with E-state index in [1.165, 1.54) is 11.3 Å². The van der Waals surface area contributed by atoms with Crippen LogP contribution in [0.15, 0.2) is 24.1 Å². The van der Waals surface area contributed by atoms with Crippen LogP contribution in [0.2, 0.25) is 0 Å². The minimum absolute atomic E-state index is 0.0691. The third-order valence-electron chi connectivity index (χ3n) is 4.96. The Balaban J connectivity index is 1.76. The summed E-state index contributed by atoms with van der Waals surface area (Å²) in [4.78, 5) is 15.7. The third kappa shape index (κ3) is 3.37. The molecule has 2 fully saturated rings. The SMILES string of the molecule is C=CCOC[C@@]12CCCO[C@@H]1CCN(C(=O)c1sccc1C)C2. The Bertz CT molecular complexity index is 570. The second-order valence-electron chi connectivity index (χ2n) is 6.58. The lowest BCUT2D eigenvalue weighted by atomic mass is 9.73. The Kier molecular flexibility index (Phi) is 5.19. The molecule has 2 aliphatic rings. The maximum absolute atomic E-state index is 12.9. The van der Waals surface area contributed by atoms with Crippen molar-refractivity contribution in [3.63, 3.8) is 0 Å². The van der Waals surface area contributed by atoms with Crippen LogP contribution in [0.4, 0.5) is 0 Å². The smallest absolute Gasteiger partial charge is 0.264 e. The summed E-state index contributed by atoms with van der Waals surface area (Å²) in [6.45, 7) is 9.22. The van der Waals surface area contributed by atoms with Gasteiger partial charge in [0, 0.05) is 25.1 Å². The van der Waals surface area contributed by atoms with E-state index in [0.717, 1.165) is 49.4 Å². The van der Waals surface area contributed by atoms with Crippen molar-refractivity contribution in [3.05, 3.63) is 34.5 Å². The number of fused-ring (bicyclic) bond motifs is 1. The van der Waals surface area contributed by atoms with Crippen LogP contribution in [0.3, 0.4) is 0 Å². The van der Waals surface area contributed by atoms with E-state index in [1.807, 2.05) is 23.3 Å². The number of piperidine rings is 1. The Labute approximate surface area is 142 Å². The molecule has 1 amide bonds. The van der Waals surface area contributed by atoms with E-state index in [1.54, 1.807) is 6.08 Å². The summed E-state index contributed by atoms with van der Waals surface area (Å²) < 4.78 is 11.8. The van der Waals surface area contributed by atoms with Gasteiger partial charge in [-0.3, -0.25) is 4.79 Å². The average molecular weight is 335 g/mol. The van der Waals surface area contributed by atoms with Crippen molar-refractivity contribution in [2.24, 2.45) is 5.41 Å². The Hall–Kier alpha value is -1.17. The highest BCUT2D eigenvalue weighted by Crippen LogP contribution is 2.41. The highest BCUT2D eigenvalue weighted by Gasteiger charge is 2.47.